The van der Waals surface area contributed by atoms with Gasteiger partial charge in [0.2, 0.25) is 5.91 Å². The lowest BCUT2D eigenvalue weighted by molar-refractivity contribution is -0.121. The number of carbonyl (C=O) groups excluding carboxylic acids is 2. The van der Waals surface area contributed by atoms with E-state index >= 15 is 0 Å². The first-order valence-electron chi connectivity index (χ1n) is 8.54. The Labute approximate surface area is 162 Å². The number of nitrogens with one attached hydrogen (secondary N) is 4. The Kier molecular flexibility index (Phi) is 9.83. The number of guanidine groups is 1. The Morgan fingerprint density at radius 3 is 2.41 bits per heavy atom. The van der Waals surface area contributed by atoms with E-state index in [4.69, 9.17) is 34.2 Å². The van der Waals surface area contributed by atoms with Crippen molar-refractivity contribution in [3.05, 3.63) is 10.8 Å². The number of aromatic nitrogens is 2. The quantitative estimate of drug-likeness (QED) is 0.156. The highest BCUT2D eigenvalue weighted by Gasteiger charge is 2.16. The third-order valence-corrected chi connectivity index (χ3v) is 3.74. The molecule has 0 aromatic carbocycles. The Balaban J connectivity index is 2.20. The molecule has 11 nitrogen and oxygen atoms in total. The molecule has 0 fully saturated rings. The Morgan fingerprint density at radius 1 is 1.00 bits per heavy atom. The number of amides is 2. The monoisotopic (exact) mass is 399 g/mol. The van der Waals surface area contributed by atoms with E-state index in [1.807, 2.05) is 0 Å². The minimum absolute atomic E-state index is 0.00760. The molecule has 27 heavy (non-hydrogen) atoms. The van der Waals surface area contributed by atoms with Crippen molar-refractivity contribution in [1.29, 1.82) is 5.41 Å². The van der Waals surface area contributed by atoms with Gasteiger partial charge in [-0.15, -0.1) is 0 Å². The summed E-state index contributed by atoms with van der Waals surface area (Å²) in [5.41, 5.74) is 16.1. The maximum absolute atomic E-state index is 12.0. The average molecular weight is 400 g/mol. The van der Waals surface area contributed by atoms with Crippen LogP contribution >= 0.6 is 11.6 Å². The van der Waals surface area contributed by atoms with Gasteiger partial charge in [-0.3, -0.25) is 20.3 Å². The van der Waals surface area contributed by atoms with Crippen molar-refractivity contribution in [1.82, 2.24) is 25.9 Å². The fourth-order valence-corrected chi connectivity index (χ4v) is 2.23. The third kappa shape index (κ3) is 8.51. The molecule has 1 heterocycles. The summed E-state index contributed by atoms with van der Waals surface area (Å²) in [6.45, 7) is 1.43. The normalized spacial score (nSPS) is 10.3. The van der Waals surface area contributed by atoms with E-state index in [1.165, 1.54) is 0 Å². The lowest BCUT2D eigenvalue weighted by Gasteiger charge is -2.10. The van der Waals surface area contributed by atoms with Crippen LogP contribution in [-0.2, 0) is 4.79 Å². The maximum atomic E-state index is 12.0. The number of unbranched alkanes of at least 4 members (excludes halogenated alkanes) is 3. The van der Waals surface area contributed by atoms with Crippen molar-refractivity contribution in [3.63, 3.8) is 0 Å². The topological polar surface area (TPSA) is 198 Å². The lowest BCUT2D eigenvalue weighted by Crippen LogP contribution is -2.41. The molecule has 0 bridgehead atoms. The Hall–Kier alpha value is -2.66. The van der Waals surface area contributed by atoms with E-state index in [-0.39, 0.29) is 34.3 Å². The molecule has 0 aliphatic heterocycles. The molecule has 1 aromatic rings. The first-order chi connectivity index (χ1) is 12.8. The van der Waals surface area contributed by atoms with E-state index in [9.17, 15) is 9.59 Å². The largest absolute Gasteiger partial charge is 0.382 e. The van der Waals surface area contributed by atoms with Crippen molar-refractivity contribution in [2.24, 2.45) is 5.73 Å². The van der Waals surface area contributed by atoms with Crippen LogP contribution in [0.25, 0.3) is 0 Å². The number of hydrogen-bond acceptors (Lipinski definition) is 8. The predicted molar refractivity (Wildman–Crippen MR) is 104 cm³/mol. The van der Waals surface area contributed by atoms with Crippen LogP contribution in [0.1, 0.15) is 42.6 Å². The highest BCUT2D eigenvalue weighted by molar-refractivity contribution is 6.31. The van der Waals surface area contributed by atoms with Crippen LogP contribution in [0.5, 0.6) is 0 Å². The number of rotatable bonds is 10. The van der Waals surface area contributed by atoms with Gasteiger partial charge in [0.25, 0.3) is 5.91 Å². The zero-order chi connectivity index (χ0) is 20.2. The van der Waals surface area contributed by atoms with Gasteiger partial charge in [-0.05, 0) is 12.8 Å². The SMILES string of the molecule is N=C(NCCCCCCC(=O)NCCN)NC(=O)c1nc(Cl)c(N)nc1N. The van der Waals surface area contributed by atoms with Crippen LogP contribution in [-0.4, -0.2) is 47.4 Å². The van der Waals surface area contributed by atoms with Gasteiger partial charge in [-0.2, -0.15) is 0 Å². The van der Waals surface area contributed by atoms with Crippen LogP contribution in [0.3, 0.4) is 0 Å². The highest BCUT2D eigenvalue weighted by Crippen LogP contribution is 2.17. The fraction of sp³-hybridized carbons (Fsp3) is 0.533. The Bertz CT molecular complexity index is 669. The zero-order valence-electron chi connectivity index (χ0n) is 15.0. The van der Waals surface area contributed by atoms with E-state index in [0.717, 1.165) is 25.7 Å². The van der Waals surface area contributed by atoms with Crippen molar-refractivity contribution in [2.75, 3.05) is 31.1 Å². The molecule has 0 atom stereocenters. The van der Waals surface area contributed by atoms with Gasteiger partial charge in [-0.1, -0.05) is 24.4 Å². The average Bonchev–Trinajstić information content (AvgIpc) is 2.61. The highest BCUT2D eigenvalue weighted by atomic mass is 35.5. The van der Waals surface area contributed by atoms with Crippen LogP contribution in [0.2, 0.25) is 5.15 Å². The van der Waals surface area contributed by atoms with Crippen LogP contribution in [0, 0.1) is 5.41 Å². The number of nitrogens with zero attached hydrogens (tertiary/aromatic N) is 2. The molecule has 1 rings (SSSR count). The maximum Gasteiger partial charge on any atom is 0.280 e. The number of carbonyl (C=O) groups is 2. The second kappa shape index (κ2) is 11.9. The molecule has 0 aliphatic rings. The molecule has 1 aromatic heterocycles. The Morgan fingerprint density at radius 2 is 1.70 bits per heavy atom. The summed E-state index contributed by atoms with van der Waals surface area (Å²) in [5, 5.41) is 15.4. The molecule has 0 radical (unpaired) electrons. The van der Waals surface area contributed by atoms with Crippen LogP contribution in [0.4, 0.5) is 11.6 Å². The van der Waals surface area contributed by atoms with Crippen molar-refractivity contribution < 1.29 is 9.59 Å². The molecule has 0 unspecified atom stereocenters. The lowest BCUT2D eigenvalue weighted by atomic mass is 10.1. The van der Waals surface area contributed by atoms with E-state index in [1.54, 1.807) is 0 Å². The first kappa shape index (κ1) is 22.4. The van der Waals surface area contributed by atoms with Crippen LogP contribution < -0.4 is 33.2 Å². The van der Waals surface area contributed by atoms with Gasteiger partial charge < -0.3 is 27.8 Å². The third-order valence-electron chi connectivity index (χ3n) is 3.46. The number of nitrogens with two attached hydrogens (primary N) is 3. The molecular weight excluding hydrogens is 374 g/mol. The van der Waals surface area contributed by atoms with Crippen molar-refractivity contribution in [2.45, 2.75) is 32.1 Å². The van der Waals surface area contributed by atoms with Gasteiger partial charge in [0.1, 0.15) is 0 Å². The smallest absolute Gasteiger partial charge is 0.280 e. The molecule has 0 spiro atoms. The fourth-order valence-electron chi connectivity index (χ4n) is 2.10. The number of halogens is 1. The van der Waals surface area contributed by atoms with Gasteiger partial charge in [0, 0.05) is 26.1 Å². The zero-order valence-corrected chi connectivity index (χ0v) is 15.7. The van der Waals surface area contributed by atoms with Crippen LogP contribution in [0.15, 0.2) is 0 Å². The minimum atomic E-state index is -0.706. The number of nitrogen functional groups attached to an aromatic ring is 2. The standard InChI is InChI=1S/C15H26ClN9O2/c16-11-13(19)24-12(18)10(23-11)14(27)25-15(20)22-7-4-2-1-3-5-9(26)21-8-6-17/h1-8,17H2,(H,21,26)(H4,18,19,24)(H3,20,22,25,27). The number of hydrogen-bond donors (Lipinski definition) is 7. The molecular formula is C15H26ClN9O2. The molecule has 150 valence electrons. The molecule has 0 saturated carbocycles. The summed E-state index contributed by atoms with van der Waals surface area (Å²) in [6, 6.07) is 0. The molecule has 0 saturated heterocycles. The second-order valence-corrected chi connectivity index (χ2v) is 6.05. The van der Waals surface area contributed by atoms with Gasteiger partial charge >= 0.3 is 0 Å². The van der Waals surface area contributed by atoms with E-state index in [2.05, 4.69) is 25.9 Å². The molecule has 0 aliphatic carbocycles. The summed E-state index contributed by atoms with van der Waals surface area (Å²) in [4.78, 5) is 30.9. The van der Waals surface area contributed by atoms with Gasteiger partial charge in [0.15, 0.2) is 28.4 Å². The van der Waals surface area contributed by atoms with Gasteiger partial charge in [-0.25, -0.2) is 9.97 Å². The molecule has 12 heteroatoms. The molecule has 2 amide bonds. The van der Waals surface area contributed by atoms with Gasteiger partial charge in [0.05, 0.1) is 0 Å². The number of anilines is 2. The van der Waals surface area contributed by atoms with Crippen molar-refractivity contribution in [3.8, 4) is 0 Å². The predicted octanol–water partition coefficient (Wildman–Crippen LogP) is -0.426. The summed E-state index contributed by atoms with van der Waals surface area (Å²) < 4.78 is 0. The second-order valence-electron chi connectivity index (χ2n) is 5.69. The minimum Gasteiger partial charge on any atom is -0.382 e. The van der Waals surface area contributed by atoms with E-state index in [0.29, 0.717) is 26.1 Å². The summed E-state index contributed by atoms with van der Waals surface area (Å²) in [5.74, 6) is -1.13. The van der Waals surface area contributed by atoms with E-state index < -0.39 is 5.91 Å². The molecule has 10 N–H and O–H groups in total. The summed E-state index contributed by atoms with van der Waals surface area (Å²) >= 11 is 5.72. The van der Waals surface area contributed by atoms with Crippen molar-refractivity contribution >= 4 is 41.0 Å². The first-order valence-corrected chi connectivity index (χ1v) is 8.92. The summed E-state index contributed by atoms with van der Waals surface area (Å²) in [6.07, 6.45) is 3.85. The summed E-state index contributed by atoms with van der Waals surface area (Å²) in [7, 11) is 0.